The van der Waals surface area contributed by atoms with Crippen molar-refractivity contribution in [3.05, 3.63) is 11.2 Å². The second-order valence-electron chi connectivity index (χ2n) is 4.53. The van der Waals surface area contributed by atoms with E-state index in [1.807, 2.05) is 4.90 Å². The normalized spacial score (nSPS) is 18.3. The number of rotatable bonds is 4. The highest BCUT2D eigenvalue weighted by atomic mass is 32.2. The zero-order valence-electron chi connectivity index (χ0n) is 10.7. The summed E-state index contributed by atoms with van der Waals surface area (Å²) in [6, 6.07) is 2.06. The van der Waals surface area contributed by atoms with Crippen molar-refractivity contribution in [1.29, 1.82) is 5.26 Å². The first kappa shape index (κ1) is 14.4. The molecule has 1 aromatic heterocycles. The van der Waals surface area contributed by atoms with Gasteiger partial charge in [0, 0.05) is 19.1 Å². The van der Waals surface area contributed by atoms with E-state index in [4.69, 9.17) is 5.26 Å². The summed E-state index contributed by atoms with van der Waals surface area (Å²) in [6.45, 7) is 3.70. The Morgan fingerprint density at radius 2 is 2.26 bits per heavy atom. The quantitative estimate of drug-likeness (QED) is 0.828. The molecule has 0 aliphatic carbocycles. The monoisotopic (exact) mass is 300 g/mol. The van der Waals surface area contributed by atoms with Crippen molar-refractivity contribution >= 4 is 21.4 Å². The lowest BCUT2D eigenvalue weighted by Gasteiger charge is -2.30. The fraction of sp³-hybridized carbons (Fsp3) is 0.636. The van der Waals surface area contributed by atoms with Gasteiger partial charge in [-0.2, -0.15) is 5.26 Å². The summed E-state index contributed by atoms with van der Waals surface area (Å²) in [4.78, 5) is 6.00. The van der Waals surface area contributed by atoms with Crippen LogP contribution in [0.15, 0.2) is 10.4 Å². The molecule has 19 heavy (non-hydrogen) atoms. The van der Waals surface area contributed by atoms with Gasteiger partial charge in [-0.05, 0) is 19.8 Å². The second-order valence-corrected chi connectivity index (χ2v) is 7.70. The van der Waals surface area contributed by atoms with Gasteiger partial charge in [0.25, 0.3) is 10.0 Å². The van der Waals surface area contributed by atoms with Crippen LogP contribution in [0, 0.1) is 18.3 Å². The summed E-state index contributed by atoms with van der Waals surface area (Å²) >= 11 is 1.18. The summed E-state index contributed by atoms with van der Waals surface area (Å²) in [6.07, 6.45) is 2.87. The number of nitrogens with zero attached hydrogens (tertiary/aromatic N) is 3. The lowest BCUT2D eigenvalue weighted by Crippen LogP contribution is -2.44. The minimum Gasteiger partial charge on any atom is -0.290 e. The van der Waals surface area contributed by atoms with Crippen LogP contribution in [0.25, 0.3) is 0 Å². The molecule has 0 amide bonds. The molecule has 1 N–H and O–H groups in total. The Morgan fingerprint density at radius 3 is 2.79 bits per heavy atom. The lowest BCUT2D eigenvalue weighted by molar-refractivity contribution is 0.229. The second kappa shape index (κ2) is 5.96. The molecule has 0 unspecified atom stereocenters. The molecule has 0 spiro atoms. The van der Waals surface area contributed by atoms with Gasteiger partial charge < -0.3 is 0 Å². The SMILES string of the molecule is Cc1ncc(S(=O)(=O)NC2CCN(CC#N)CC2)s1. The number of thiazole rings is 1. The van der Waals surface area contributed by atoms with Gasteiger partial charge in [0.2, 0.25) is 0 Å². The van der Waals surface area contributed by atoms with E-state index in [1.54, 1.807) is 6.92 Å². The van der Waals surface area contributed by atoms with Crippen LogP contribution in [-0.2, 0) is 10.0 Å². The van der Waals surface area contributed by atoms with E-state index in [9.17, 15) is 8.42 Å². The number of nitrogens with one attached hydrogen (secondary N) is 1. The molecular formula is C11H16N4O2S2. The minimum absolute atomic E-state index is 0.0534. The fourth-order valence-electron chi connectivity index (χ4n) is 2.05. The van der Waals surface area contributed by atoms with Crippen molar-refractivity contribution in [2.75, 3.05) is 19.6 Å². The first-order valence-corrected chi connectivity index (χ1v) is 8.35. The molecule has 0 bridgehead atoms. The standard InChI is InChI=1S/C11H16N4O2S2/c1-9-13-8-11(18-9)19(16,17)14-10-2-5-15(6-3-10)7-4-12/h8,10,14H,2-3,5-7H2,1H3. The van der Waals surface area contributed by atoms with E-state index in [1.165, 1.54) is 17.5 Å². The summed E-state index contributed by atoms with van der Waals surface area (Å²) in [5.41, 5.74) is 0. The highest BCUT2D eigenvalue weighted by Crippen LogP contribution is 2.19. The van der Waals surface area contributed by atoms with Gasteiger partial charge in [-0.3, -0.25) is 4.90 Å². The van der Waals surface area contributed by atoms with Crippen LogP contribution in [0.5, 0.6) is 0 Å². The first-order valence-electron chi connectivity index (χ1n) is 6.05. The van der Waals surface area contributed by atoms with Crippen LogP contribution in [0.1, 0.15) is 17.8 Å². The summed E-state index contributed by atoms with van der Waals surface area (Å²) in [5, 5.41) is 9.35. The Morgan fingerprint density at radius 1 is 1.58 bits per heavy atom. The van der Waals surface area contributed by atoms with Crippen LogP contribution >= 0.6 is 11.3 Å². The molecule has 6 nitrogen and oxygen atoms in total. The number of hydrogen-bond donors (Lipinski definition) is 1. The Bertz CT molecular complexity index is 568. The van der Waals surface area contributed by atoms with Crippen LogP contribution in [0.2, 0.25) is 0 Å². The van der Waals surface area contributed by atoms with Gasteiger partial charge in [0.1, 0.15) is 0 Å². The van der Waals surface area contributed by atoms with E-state index in [2.05, 4.69) is 15.8 Å². The lowest BCUT2D eigenvalue weighted by atomic mass is 10.1. The highest BCUT2D eigenvalue weighted by Gasteiger charge is 2.25. The average molecular weight is 300 g/mol. The van der Waals surface area contributed by atoms with Gasteiger partial charge in [-0.25, -0.2) is 18.1 Å². The topological polar surface area (TPSA) is 86.1 Å². The number of piperidine rings is 1. The van der Waals surface area contributed by atoms with Gasteiger partial charge in [-0.15, -0.1) is 11.3 Å². The molecule has 2 heterocycles. The van der Waals surface area contributed by atoms with Crippen molar-refractivity contribution in [2.45, 2.75) is 30.0 Å². The maximum absolute atomic E-state index is 12.1. The van der Waals surface area contributed by atoms with Gasteiger partial charge >= 0.3 is 0 Å². The summed E-state index contributed by atoms with van der Waals surface area (Å²) < 4.78 is 27.2. The Labute approximate surface area is 117 Å². The van der Waals surface area contributed by atoms with E-state index in [-0.39, 0.29) is 10.3 Å². The molecule has 1 aliphatic heterocycles. The molecule has 1 saturated heterocycles. The van der Waals surface area contributed by atoms with Crippen molar-refractivity contribution < 1.29 is 8.42 Å². The molecule has 1 fully saturated rings. The van der Waals surface area contributed by atoms with Crippen molar-refractivity contribution in [1.82, 2.24) is 14.6 Å². The average Bonchev–Trinajstić information content (AvgIpc) is 2.79. The van der Waals surface area contributed by atoms with E-state index >= 15 is 0 Å². The molecule has 104 valence electrons. The van der Waals surface area contributed by atoms with Crippen molar-refractivity contribution in [3.8, 4) is 6.07 Å². The number of nitriles is 1. The first-order chi connectivity index (χ1) is 9.01. The zero-order valence-corrected chi connectivity index (χ0v) is 12.3. The molecule has 0 aromatic carbocycles. The van der Waals surface area contributed by atoms with E-state index in [0.29, 0.717) is 6.54 Å². The maximum atomic E-state index is 12.1. The minimum atomic E-state index is -3.45. The predicted octanol–water partition coefficient (Wildman–Crippen LogP) is 0.718. The Balaban J connectivity index is 1.94. The fourth-order valence-corrected chi connectivity index (χ4v) is 4.48. The van der Waals surface area contributed by atoms with Gasteiger partial charge in [0.15, 0.2) is 4.21 Å². The molecule has 1 aromatic rings. The largest absolute Gasteiger partial charge is 0.290 e. The molecule has 1 aliphatic rings. The molecular weight excluding hydrogens is 284 g/mol. The van der Waals surface area contributed by atoms with Gasteiger partial charge in [0.05, 0.1) is 23.8 Å². The van der Waals surface area contributed by atoms with Crippen molar-refractivity contribution in [2.24, 2.45) is 0 Å². The maximum Gasteiger partial charge on any atom is 0.251 e. The number of sulfonamides is 1. The van der Waals surface area contributed by atoms with Crippen molar-refractivity contribution in [3.63, 3.8) is 0 Å². The highest BCUT2D eigenvalue weighted by molar-refractivity contribution is 7.91. The third-order valence-electron chi connectivity index (χ3n) is 3.07. The Hall–Kier alpha value is -1.01. The number of aromatic nitrogens is 1. The summed E-state index contributed by atoms with van der Waals surface area (Å²) in [5.74, 6) is 0. The number of aryl methyl sites for hydroxylation is 1. The smallest absolute Gasteiger partial charge is 0.251 e. The number of likely N-dealkylation sites (tertiary alicyclic amines) is 1. The molecule has 0 radical (unpaired) electrons. The number of hydrogen-bond acceptors (Lipinski definition) is 6. The molecule has 8 heteroatoms. The van der Waals surface area contributed by atoms with E-state index < -0.39 is 10.0 Å². The zero-order chi connectivity index (χ0) is 13.9. The van der Waals surface area contributed by atoms with Crippen LogP contribution in [-0.4, -0.2) is 44.0 Å². The van der Waals surface area contributed by atoms with Gasteiger partial charge in [-0.1, -0.05) is 0 Å². The molecule has 0 atom stereocenters. The van der Waals surface area contributed by atoms with Crippen LogP contribution < -0.4 is 4.72 Å². The predicted molar refractivity (Wildman–Crippen MR) is 72.2 cm³/mol. The third-order valence-corrected chi connectivity index (χ3v) is 5.96. The molecule has 2 rings (SSSR count). The van der Waals surface area contributed by atoms with Crippen LogP contribution in [0.3, 0.4) is 0 Å². The summed E-state index contributed by atoms with van der Waals surface area (Å²) in [7, 11) is -3.45. The third kappa shape index (κ3) is 3.73. The molecule has 0 saturated carbocycles. The van der Waals surface area contributed by atoms with E-state index in [0.717, 1.165) is 30.9 Å². The van der Waals surface area contributed by atoms with Crippen LogP contribution in [0.4, 0.5) is 0 Å². The Kier molecular flexibility index (Phi) is 4.52.